The molecule has 0 fully saturated rings. The first kappa shape index (κ1) is 9.56. The largest absolute Gasteiger partial charge is 0.380 e. The van der Waals surface area contributed by atoms with Gasteiger partial charge in [-0.1, -0.05) is 24.3 Å². The van der Waals surface area contributed by atoms with Crippen molar-refractivity contribution in [1.29, 1.82) is 0 Å². The van der Waals surface area contributed by atoms with E-state index in [1.54, 1.807) is 7.11 Å². The molecule has 1 nitrogen and oxygen atoms in total. The highest BCUT2D eigenvalue weighted by Crippen LogP contribution is 2.05. The average molecular weight is 184 g/mol. The summed E-state index contributed by atoms with van der Waals surface area (Å²) in [6.45, 7) is 0. The van der Waals surface area contributed by atoms with Crippen molar-refractivity contribution in [1.82, 2.24) is 0 Å². The number of benzene rings is 1. The summed E-state index contributed by atoms with van der Waals surface area (Å²) in [7, 11) is 1.68. The third kappa shape index (κ3) is 2.84. The predicted molar refractivity (Wildman–Crippen MR) is 50.5 cm³/mol. The first-order valence-electron chi connectivity index (χ1n) is 3.90. The van der Waals surface area contributed by atoms with Gasteiger partial charge in [0.2, 0.25) is 0 Å². The summed E-state index contributed by atoms with van der Waals surface area (Å²) in [4.78, 5) is 0. The monoisotopic (exact) mass is 183 g/mol. The van der Waals surface area contributed by atoms with E-state index in [0.29, 0.717) is 5.88 Å². The summed E-state index contributed by atoms with van der Waals surface area (Å²) in [6, 6.07) is 10.8. The number of methoxy groups -OCH3 is 1. The molecule has 0 N–H and O–H groups in total. The maximum atomic E-state index is 5.68. The minimum atomic E-state index is 0.120. The lowest BCUT2D eigenvalue weighted by Gasteiger charge is -2.10. The van der Waals surface area contributed by atoms with Crippen LogP contribution in [0.5, 0.6) is 0 Å². The molecule has 0 amide bonds. The van der Waals surface area contributed by atoms with Crippen LogP contribution in [-0.2, 0) is 11.2 Å². The Morgan fingerprint density at radius 2 is 2.17 bits per heavy atom. The molecule has 0 heterocycles. The van der Waals surface area contributed by atoms with Crippen LogP contribution >= 0.6 is 11.6 Å². The summed E-state index contributed by atoms with van der Waals surface area (Å²) in [5.74, 6) is 0.537. The van der Waals surface area contributed by atoms with Crippen molar-refractivity contribution in [3.05, 3.63) is 35.9 Å². The van der Waals surface area contributed by atoms with Gasteiger partial charge in [0.25, 0.3) is 0 Å². The van der Waals surface area contributed by atoms with E-state index in [0.717, 1.165) is 6.42 Å². The van der Waals surface area contributed by atoms with Crippen LogP contribution in [-0.4, -0.2) is 19.1 Å². The second kappa shape index (κ2) is 5.18. The molecule has 1 aromatic carbocycles. The van der Waals surface area contributed by atoms with Crippen molar-refractivity contribution < 1.29 is 4.74 Å². The maximum Gasteiger partial charge on any atom is 0.0746 e. The second-order valence-corrected chi connectivity index (χ2v) is 2.93. The third-order valence-electron chi connectivity index (χ3n) is 1.76. The quantitative estimate of drug-likeness (QED) is 0.651. The van der Waals surface area contributed by atoms with Crippen molar-refractivity contribution in [2.75, 3.05) is 13.0 Å². The fraction of sp³-hybridized carbons (Fsp3) is 0.400. The van der Waals surface area contributed by atoms with Crippen LogP contribution in [0.1, 0.15) is 5.56 Å². The Hall–Kier alpha value is -0.530. The Kier molecular flexibility index (Phi) is 4.12. The first-order valence-corrected chi connectivity index (χ1v) is 4.44. The van der Waals surface area contributed by atoms with Gasteiger partial charge in [-0.05, 0) is 18.1 Å². The minimum absolute atomic E-state index is 0.120. The van der Waals surface area contributed by atoms with Gasteiger partial charge in [-0.3, -0.25) is 0 Å². The topological polar surface area (TPSA) is 9.23 Å². The number of halogens is 1. The highest BCUT2D eigenvalue weighted by Gasteiger charge is 2.05. The number of hydrogen-bond acceptors (Lipinski definition) is 1. The van der Waals surface area contributed by atoms with E-state index in [9.17, 15) is 0 Å². The standard InChI is InChI=1S/C10H12ClO/c1-12-10(8-11)7-9-5-3-2-4-6-9/h3-6,10H,7-8H2,1H3. The molecule has 0 aromatic heterocycles. The summed E-state index contributed by atoms with van der Waals surface area (Å²) in [5, 5.41) is 0. The number of rotatable bonds is 4. The van der Waals surface area contributed by atoms with Crippen LogP contribution in [0.4, 0.5) is 0 Å². The average Bonchev–Trinajstić information content (AvgIpc) is 2.16. The van der Waals surface area contributed by atoms with Crippen molar-refractivity contribution in [3.8, 4) is 0 Å². The van der Waals surface area contributed by atoms with E-state index in [2.05, 4.69) is 6.07 Å². The van der Waals surface area contributed by atoms with E-state index in [-0.39, 0.29) is 6.10 Å². The third-order valence-corrected chi connectivity index (χ3v) is 2.10. The molecule has 0 saturated carbocycles. The van der Waals surface area contributed by atoms with Gasteiger partial charge in [-0.15, -0.1) is 11.6 Å². The lowest BCUT2D eigenvalue weighted by molar-refractivity contribution is 0.121. The Morgan fingerprint density at radius 3 is 2.67 bits per heavy atom. The SMILES string of the molecule is COC(CCl)Cc1cc[c]cc1. The highest BCUT2D eigenvalue weighted by molar-refractivity contribution is 6.18. The van der Waals surface area contributed by atoms with Crippen LogP contribution in [0.25, 0.3) is 0 Å². The van der Waals surface area contributed by atoms with Gasteiger partial charge < -0.3 is 4.74 Å². The summed E-state index contributed by atoms with van der Waals surface area (Å²) in [5.41, 5.74) is 1.24. The Morgan fingerprint density at radius 1 is 1.50 bits per heavy atom. The molecule has 0 aliphatic rings. The molecule has 0 saturated heterocycles. The molecular weight excluding hydrogens is 172 g/mol. The zero-order chi connectivity index (χ0) is 8.81. The molecule has 0 aliphatic carbocycles. The van der Waals surface area contributed by atoms with Gasteiger partial charge in [0, 0.05) is 13.0 Å². The van der Waals surface area contributed by atoms with Gasteiger partial charge in [0.05, 0.1) is 6.10 Å². The molecule has 1 atom stereocenters. The molecular formula is C10H12ClO. The van der Waals surface area contributed by atoms with Crippen LogP contribution in [0.2, 0.25) is 0 Å². The van der Waals surface area contributed by atoms with E-state index in [1.807, 2.05) is 24.3 Å². The molecule has 1 aromatic rings. The normalized spacial score (nSPS) is 12.8. The molecule has 1 unspecified atom stereocenters. The second-order valence-electron chi connectivity index (χ2n) is 2.62. The maximum absolute atomic E-state index is 5.68. The van der Waals surface area contributed by atoms with Crippen molar-refractivity contribution in [3.63, 3.8) is 0 Å². The van der Waals surface area contributed by atoms with Crippen LogP contribution in [0.15, 0.2) is 24.3 Å². The molecule has 0 aliphatic heterocycles. The molecule has 65 valence electrons. The highest BCUT2D eigenvalue weighted by atomic mass is 35.5. The zero-order valence-electron chi connectivity index (χ0n) is 7.09. The fourth-order valence-corrected chi connectivity index (χ4v) is 1.26. The molecule has 0 spiro atoms. The number of alkyl halides is 1. The predicted octanol–water partition coefficient (Wildman–Crippen LogP) is 2.28. The summed E-state index contributed by atoms with van der Waals surface area (Å²) in [6.07, 6.45) is 0.989. The Labute approximate surface area is 78.3 Å². The van der Waals surface area contributed by atoms with E-state index in [4.69, 9.17) is 16.3 Å². The smallest absolute Gasteiger partial charge is 0.0746 e. The number of ether oxygens (including phenoxy) is 1. The molecule has 0 bridgehead atoms. The lowest BCUT2D eigenvalue weighted by atomic mass is 10.1. The lowest BCUT2D eigenvalue weighted by Crippen LogP contribution is -2.15. The van der Waals surface area contributed by atoms with Crippen LogP contribution < -0.4 is 0 Å². The van der Waals surface area contributed by atoms with E-state index >= 15 is 0 Å². The van der Waals surface area contributed by atoms with Gasteiger partial charge in [-0.25, -0.2) is 0 Å². The van der Waals surface area contributed by atoms with Gasteiger partial charge >= 0.3 is 0 Å². The summed E-state index contributed by atoms with van der Waals surface area (Å²) < 4.78 is 5.16. The van der Waals surface area contributed by atoms with Gasteiger partial charge in [-0.2, -0.15) is 0 Å². The van der Waals surface area contributed by atoms with Gasteiger partial charge in [0.15, 0.2) is 0 Å². The molecule has 1 radical (unpaired) electrons. The van der Waals surface area contributed by atoms with Crippen LogP contribution in [0.3, 0.4) is 0 Å². The van der Waals surface area contributed by atoms with Crippen LogP contribution in [0, 0.1) is 6.07 Å². The number of hydrogen-bond donors (Lipinski definition) is 0. The van der Waals surface area contributed by atoms with Gasteiger partial charge in [0.1, 0.15) is 0 Å². The van der Waals surface area contributed by atoms with E-state index in [1.165, 1.54) is 5.56 Å². The van der Waals surface area contributed by atoms with E-state index < -0.39 is 0 Å². The minimum Gasteiger partial charge on any atom is -0.380 e. The molecule has 2 heteroatoms. The fourth-order valence-electron chi connectivity index (χ4n) is 1.02. The van der Waals surface area contributed by atoms with Crippen molar-refractivity contribution in [2.45, 2.75) is 12.5 Å². The zero-order valence-corrected chi connectivity index (χ0v) is 7.84. The first-order chi connectivity index (χ1) is 5.86. The van der Waals surface area contributed by atoms with Crippen molar-refractivity contribution >= 4 is 11.6 Å². The van der Waals surface area contributed by atoms with Crippen molar-refractivity contribution in [2.24, 2.45) is 0 Å². The Balaban J connectivity index is 2.51. The molecule has 12 heavy (non-hydrogen) atoms. The molecule has 1 rings (SSSR count). The summed E-state index contributed by atoms with van der Waals surface area (Å²) >= 11 is 5.68. The Bertz CT molecular complexity index is 206.